The first-order valence-corrected chi connectivity index (χ1v) is 9.18. The van der Waals surface area contributed by atoms with E-state index in [2.05, 4.69) is 5.43 Å². The van der Waals surface area contributed by atoms with Crippen molar-refractivity contribution in [3.63, 3.8) is 0 Å². The number of carbonyl (C=O) groups is 3. The summed E-state index contributed by atoms with van der Waals surface area (Å²) in [5.74, 6) is -1.48. The van der Waals surface area contributed by atoms with Crippen LogP contribution >= 0.6 is 24.0 Å². The molecule has 9 heteroatoms. The van der Waals surface area contributed by atoms with Crippen molar-refractivity contribution < 1.29 is 24.2 Å². The largest absolute Gasteiger partial charge is 0.497 e. The Kier molecular flexibility index (Phi) is 5.76. The molecule has 0 saturated carbocycles. The lowest BCUT2D eigenvalue weighted by Crippen LogP contribution is -2.44. The SMILES string of the molecule is COc1cccc(C(=O)NN2C(=O)/C(=C\c3ccc(C(=O)O)cc3)SC2=S)c1. The average Bonchev–Trinajstić information content (AvgIpc) is 2.95. The molecule has 1 aliphatic heterocycles. The topological polar surface area (TPSA) is 95.9 Å². The second-order valence-corrected chi connectivity index (χ2v) is 7.29. The number of methoxy groups -OCH3 is 1. The van der Waals surface area contributed by atoms with E-state index >= 15 is 0 Å². The average molecular weight is 414 g/mol. The van der Waals surface area contributed by atoms with Crippen LogP contribution in [0.15, 0.2) is 53.4 Å². The summed E-state index contributed by atoms with van der Waals surface area (Å²) in [6, 6.07) is 12.6. The van der Waals surface area contributed by atoms with Gasteiger partial charge in [-0.2, -0.15) is 5.01 Å². The van der Waals surface area contributed by atoms with E-state index in [9.17, 15) is 14.4 Å². The van der Waals surface area contributed by atoms with Crippen molar-refractivity contribution in [1.29, 1.82) is 0 Å². The van der Waals surface area contributed by atoms with E-state index in [1.165, 1.54) is 19.2 Å². The van der Waals surface area contributed by atoms with Gasteiger partial charge in [0.05, 0.1) is 17.6 Å². The van der Waals surface area contributed by atoms with E-state index in [0.29, 0.717) is 21.8 Å². The Morgan fingerprint density at radius 2 is 1.89 bits per heavy atom. The Balaban J connectivity index is 1.75. The highest BCUT2D eigenvalue weighted by atomic mass is 32.2. The maximum absolute atomic E-state index is 12.6. The maximum Gasteiger partial charge on any atom is 0.335 e. The number of thioether (sulfide) groups is 1. The van der Waals surface area contributed by atoms with Crippen LogP contribution in [0.4, 0.5) is 0 Å². The minimum Gasteiger partial charge on any atom is -0.497 e. The van der Waals surface area contributed by atoms with Crippen molar-refractivity contribution in [2.75, 3.05) is 7.11 Å². The third kappa shape index (κ3) is 4.21. The molecular weight excluding hydrogens is 400 g/mol. The van der Waals surface area contributed by atoms with Crippen LogP contribution in [0.3, 0.4) is 0 Å². The highest BCUT2D eigenvalue weighted by Gasteiger charge is 2.33. The summed E-state index contributed by atoms with van der Waals surface area (Å²) in [4.78, 5) is 36.3. The predicted octanol–water partition coefficient (Wildman–Crippen LogP) is 2.94. The van der Waals surface area contributed by atoms with E-state index in [-0.39, 0.29) is 9.88 Å². The molecule has 0 spiro atoms. The van der Waals surface area contributed by atoms with Gasteiger partial charge in [-0.25, -0.2) is 4.79 Å². The second-order valence-electron chi connectivity index (χ2n) is 5.62. The number of nitrogens with zero attached hydrogens (tertiary/aromatic N) is 1. The van der Waals surface area contributed by atoms with Gasteiger partial charge in [-0.1, -0.05) is 30.0 Å². The summed E-state index contributed by atoms with van der Waals surface area (Å²) in [5, 5.41) is 9.95. The molecule has 0 aliphatic carbocycles. The van der Waals surface area contributed by atoms with Crippen molar-refractivity contribution in [2.24, 2.45) is 0 Å². The summed E-state index contributed by atoms with van der Waals surface area (Å²) >= 11 is 6.24. The molecule has 1 aliphatic rings. The number of aromatic carboxylic acids is 1. The summed E-state index contributed by atoms with van der Waals surface area (Å²) in [7, 11) is 1.49. The Morgan fingerprint density at radius 3 is 2.54 bits per heavy atom. The number of carboxylic acid groups (broad SMARTS) is 1. The lowest BCUT2D eigenvalue weighted by Gasteiger charge is -2.15. The summed E-state index contributed by atoms with van der Waals surface area (Å²) in [5.41, 5.74) is 3.61. The monoisotopic (exact) mass is 414 g/mol. The molecule has 0 aromatic heterocycles. The van der Waals surface area contributed by atoms with Gasteiger partial charge >= 0.3 is 5.97 Å². The normalized spacial score (nSPS) is 15.0. The highest BCUT2D eigenvalue weighted by Crippen LogP contribution is 2.31. The Bertz CT molecular complexity index is 1000. The van der Waals surface area contributed by atoms with E-state index in [1.54, 1.807) is 42.5 Å². The molecule has 0 unspecified atom stereocenters. The lowest BCUT2D eigenvalue weighted by atomic mass is 10.1. The summed E-state index contributed by atoms with van der Waals surface area (Å²) in [6.07, 6.45) is 1.59. The van der Waals surface area contributed by atoms with Gasteiger partial charge in [-0.15, -0.1) is 0 Å². The first kappa shape index (κ1) is 19.6. The van der Waals surface area contributed by atoms with E-state index in [1.807, 2.05) is 0 Å². The fourth-order valence-corrected chi connectivity index (χ4v) is 3.55. The molecular formula is C19H14N2O5S2. The molecule has 0 atom stereocenters. The molecule has 7 nitrogen and oxygen atoms in total. The first-order valence-electron chi connectivity index (χ1n) is 7.95. The van der Waals surface area contributed by atoms with E-state index in [0.717, 1.165) is 16.8 Å². The van der Waals surface area contributed by atoms with Crippen LogP contribution < -0.4 is 10.2 Å². The van der Waals surface area contributed by atoms with Gasteiger partial charge in [0.15, 0.2) is 4.32 Å². The molecule has 0 bridgehead atoms. The second kappa shape index (κ2) is 8.24. The number of ether oxygens (including phenoxy) is 1. The Labute approximate surface area is 170 Å². The molecule has 2 aromatic rings. The number of rotatable bonds is 5. The zero-order valence-electron chi connectivity index (χ0n) is 14.5. The molecule has 1 fully saturated rings. The number of amides is 2. The minimum atomic E-state index is -1.03. The fraction of sp³-hybridized carbons (Fsp3) is 0.0526. The standard InChI is InChI=1S/C19H14N2O5S2/c1-26-14-4-2-3-13(10-14)16(22)20-21-17(23)15(28-19(21)27)9-11-5-7-12(8-6-11)18(24)25/h2-10H,1H3,(H,20,22)(H,24,25)/b15-9+. The van der Waals surface area contributed by atoms with E-state index in [4.69, 9.17) is 22.1 Å². The summed E-state index contributed by atoms with van der Waals surface area (Å²) < 4.78 is 5.28. The maximum atomic E-state index is 12.6. The number of benzene rings is 2. The number of hydrogen-bond acceptors (Lipinski definition) is 6. The molecule has 2 N–H and O–H groups in total. The Hall–Kier alpha value is -3.17. The van der Waals surface area contributed by atoms with Crippen molar-refractivity contribution in [2.45, 2.75) is 0 Å². The fourth-order valence-electron chi connectivity index (χ4n) is 2.37. The number of nitrogens with one attached hydrogen (secondary N) is 1. The van der Waals surface area contributed by atoms with Gasteiger partial charge in [-0.3, -0.25) is 15.0 Å². The first-order chi connectivity index (χ1) is 13.4. The van der Waals surface area contributed by atoms with Crippen molar-refractivity contribution >= 4 is 52.2 Å². The third-order valence-electron chi connectivity index (χ3n) is 3.79. The molecule has 0 radical (unpaired) electrons. The highest BCUT2D eigenvalue weighted by molar-refractivity contribution is 8.26. The zero-order valence-corrected chi connectivity index (χ0v) is 16.2. The predicted molar refractivity (Wildman–Crippen MR) is 109 cm³/mol. The van der Waals surface area contributed by atoms with Crippen molar-refractivity contribution in [1.82, 2.24) is 10.4 Å². The Morgan fingerprint density at radius 1 is 1.18 bits per heavy atom. The van der Waals surface area contributed by atoms with Crippen LogP contribution in [-0.4, -0.2) is 39.3 Å². The number of hydrazine groups is 1. The number of thiocarbonyl (C=S) groups is 1. The summed E-state index contributed by atoms with van der Waals surface area (Å²) in [6.45, 7) is 0. The van der Waals surface area contributed by atoms with Crippen LogP contribution in [0.1, 0.15) is 26.3 Å². The van der Waals surface area contributed by atoms with Gasteiger partial charge < -0.3 is 9.84 Å². The zero-order chi connectivity index (χ0) is 20.3. The van der Waals surface area contributed by atoms with Crippen LogP contribution in [0.2, 0.25) is 0 Å². The van der Waals surface area contributed by atoms with Gasteiger partial charge in [0, 0.05) is 5.56 Å². The quantitative estimate of drug-likeness (QED) is 0.574. The molecule has 1 saturated heterocycles. The number of carbonyl (C=O) groups excluding carboxylic acids is 2. The van der Waals surface area contributed by atoms with Gasteiger partial charge in [0.2, 0.25) is 0 Å². The molecule has 142 valence electrons. The van der Waals surface area contributed by atoms with Crippen molar-refractivity contribution in [3.05, 3.63) is 70.1 Å². The van der Waals surface area contributed by atoms with Crippen LogP contribution in [0, 0.1) is 0 Å². The van der Waals surface area contributed by atoms with Crippen LogP contribution in [0.5, 0.6) is 5.75 Å². The van der Waals surface area contributed by atoms with Gasteiger partial charge in [0.1, 0.15) is 5.75 Å². The minimum absolute atomic E-state index is 0.148. The molecule has 3 rings (SSSR count). The third-order valence-corrected chi connectivity index (χ3v) is 5.10. The molecule has 2 aromatic carbocycles. The smallest absolute Gasteiger partial charge is 0.335 e. The van der Waals surface area contributed by atoms with Crippen LogP contribution in [-0.2, 0) is 4.79 Å². The lowest BCUT2D eigenvalue weighted by molar-refractivity contribution is -0.123. The number of hydrogen-bond donors (Lipinski definition) is 2. The van der Waals surface area contributed by atoms with Crippen LogP contribution in [0.25, 0.3) is 6.08 Å². The molecule has 2 amide bonds. The van der Waals surface area contributed by atoms with E-state index < -0.39 is 17.8 Å². The van der Waals surface area contributed by atoms with Gasteiger partial charge in [-0.05, 0) is 54.2 Å². The van der Waals surface area contributed by atoms with Gasteiger partial charge in [0.25, 0.3) is 11.8 Å². The molecule has 1 heterocycles. The molecule has 28 heavy (non-hydrogen) atoms. The number of carboxylic acids is 1. The van der Waals surface area contributed by atoms with Crippen molar-refractivity contribution in [3.8, 4) is 5.75 Å².